The number of nitrogens with zero attached hydrogens (tertiary/aromatic N) is 2. The van der Waals surface area contributed by atoms with E-state index in [2.05, 4.69) is 43.1 Å². The van der Waals surface area contributed by atoms with Gasteiger partial charge in [0.15, 0.2) is 0 Å². The first kappa shape index (κ1) is 16.3. The molecule has 0 saturated carbocycles. The summed E-state index contributed by atoms with van der Waals surface area (Å²) in [5.41, 5.74) is 2.64. The van der Waals surface area contributed by atoms with Crippen LogP contribution in [0.25, 0.3) is 0 Å². The molecule has 3 nitrogen and oxygen atoms in total. The van der Waals surface area contributed by atoms with Crippen molar-refractivity contribution in [1.29, 1.82) is 0 Å². The predicted molar refractivity (Wildman–Crippen MR) is 91.0 cm³/mol. The number of nitrogens with one attached hydrogen (secondary N) is 1. The van der Waals surface area contributed by atoms with Gasteiger partial charge in [-0.25, -0.2) is 4.98 Å². The molecule has 1 N–H and O–H groups in total. The van der Waals surface area contributed by atoms with Crippen molar-refractivity contribution in [3.8, 4) is 0 Å². The van der Waals surface area contributed by atoms with E-state index in [-0.39, 0.29) is 5.41 Å². The minimum Gasteiger partial charge on any atom is -0.357 e. The monoisotopic (exact) mass is 289 g/mol. The van der Waals surface area contributed by atoms with Crippen molar-refractivity contribution in [2.24, 2.45) is 0 Å². The Morgan fingerprint density at radius 3 is 2.24 bits per heavy atom. The van der Waals surface area contributed by atoms with Crippen molar-refractivity contribution in [1.82, 2.24) is 10.3 Å². The van der Waals surface area contributed by atoms with Crippen LogP contribution in [0.4, 0.5) is 5.82 Å². The average Bonchev–Trinajstić information content (AvgIpc) is 2.37. The van der Waals surface area contributed by atoms with Crippen LogP contribution >= 0.6 is 0 Å². The van der Waals surface area contributed by atoms with Gasteiger partial charge in [0, 0.05) is 30.7 Å². The highest BCUT2D eigenvalue weighted by Gasteiger charge is 2.19. The van der Waals surface area contributed by atoms with Crippen molar-refractivity contribution in [2.75, 3.05) is 25.0 Å². The molecule has 21 heavy (non-hydrogen) atoms. The summed E-state index contributed by atoms with van der Waals surface area (Å²) in [7, 11) is 2.01. The maximum absolute atomic E-state index is 4.98. The molecule has 1 fully saturated rings. The molecule has 0 amide bonds. The first-order valence-corrected chi connectivity index (χ1v) is 8.42. The van der Waals surface area contributed by atoms with Crippen molar-refractivity contribution in [3.63, 3.8) is 0 Å². The smallest absolute Gasteiger partial charge is 0.129 e. The molecule has 2 rings (SSSR count). The molecular formula is C18H31N3. The first-order valence-electron chi connectivity index (χ1n) is 8.42. The lowest BCUT2D eigenvalue weighted by Crippen LogP contribution is -2.29. The molecule has 1 aromatic heterocycles. The number of aromatic nitrogens is 1. The molecule has 2 heterocycles. The fourth-order valence-electron chi connectivity index (χ4n) is 2.90. The summed E-state index contributed by atoms with van der Waals surface area (Å²) in [6.07, 6.45) is 6.71. The van der Waals surface area contributed by atoms with Crippen LogP contribution in [0.3, 0.4) is 0 Å². The molecular weight excluding hydrogens is 258 g/mol. The highest BCUT2D eigenvalue weighted by Crippen LogP contribution is 2.26. The third kappa shape index (κ3) is 4.70. The highest BCUT2D eigenvalue weighted by molar-refractivity contribution is 5.44. The van der Waals surface area contributed by atoms with Crippen LogP contribution < -0.4 is 10.2 Å². The molecule has 0 spiro atoms. The van der Waals surface area contributed by atoms with Crippen molar-refractivity contribution in [2.45, 2.75) is 64.8 Å². The molecule has 1 aromatic rings. The second kappa shape index (κ2) is 7.26. The van der Waals surface area contributed by atoms with Crippen LogP contribution in [0.1, 0.15) is 64.1 Å². The Kier molecular flexibility index (Phi) is 5.63. The van der Waals surface area contributed by atoms with E-state index in [1.165, 1.54) is 49.2 Å². The average molecular weight is 289 g/mol. The van der Waals surface area contributed by atoms with Gasteiger partial charge in [-0.1, -0.05) is 40.0 Å². The topological polar surface area (TPSA) is 28.2 Å². The van der Waals surface area contributed by atoms with Gasteiger partial charge >= 0.3 is 0 Å². The molecule has 1 aliphatic rings. The fraction of sp³-hybridized carbons (Fsp3) is 0.722. The molecule has 0 radical (unpaired) electrons. The second-order valence-corrected chi connectivity index (χ2v) is 7.25. The van der Waals surface area contributed by atoms with Gasteiger partial charge in [0.1, 0.15) is 5.82 Å². The van der Waals surface area contributed by atoms with Crippen LogP contribution in [-0.4, -0.2) is 25.1 Å². The lowest BCUT2D eigenvalue weighted by Gasteiger charge is -2.28. The molecule has 0 bridgehead atoms. The van der Waals surface area contributed by atoms with Gasteiger partial charge in [-0.15, -0.1) is 0 Å². The second-order valence-electron chi connectivity index (χ2n) is 7.25. The quantitative estimate of drug-likeness (QED) is 0.915. The third-order valence-corrected chi connectivity index (χ3v) is 4.20. The zero-order valence-electron chi connectivity index (χ0n) is 14.2. The minimum absolute atomic E-state index is 0.0985. The van der Waals surface area contributed by atoms with E-state index in [0.29, 0.717) is 0 Å². The maximum Gasteiger partial charge on any atom is 0.129 e. The van der Waals surface area contributed by atoms with Gasteiger partial charge in [-0.3, -0.25) is 0 Å². The van der Waals surface area contributed by atoms with Gasteiger partial charge < -0.3 is 10.2 Å². The Hall–Kier alpha value is -1.09. The van der Waals surface area contributed by atoms with E-state index in [1.807, 2.05) is 7.05 Å². The summed E-state index contributed by atoms with van der Waals surface area (Å²) in [5.74, 6) is 1.18. The lowest BCUT2D eigenvalue weighted by molar-refractivity contribution is 0.544. The molecule has 118 valence electrons. The summed E-state index contributed by atoms with van der Waals surface area (Å²) < 4.78 is 0. The fourth-order valence-corrected chi connectivity index (χ4v) is 2.90. The van der Waals surface area contributed by atoms with Gasteiger partial charge in [0.05, 0.1) is 0 Å². The summed E-state index contributed by atoms with van der Waals surface area (Å²) in [6.45, 7) is 9.95. The van der Waals surface area contributed by atoms with Crippen molar-refractivity contribution >= 4 is 5.82 Å². The van der Waals surface area contributed by atoms with Crippen LogP contribution in [0.15, 0.2) is 12.1 Å². The summed E-state index contributed by atoms with van der Waals surface area (Å²) in [5, 5.41) is 3.27. The SMILES string of the molecule is CNCc1cc(N2CCCCCCC2)nc(C(C)(C)C)c1. The largest absolute Gasteiger partial charge is 0.357 e. The highest BCUT2D eigenvalue weighted by atomic mass is 15.2. The van der Waals surface area contributed by atoms with Crippen LogP contribution in [0.5, 0.6) is 0 Å². The molecule has 0 aromatic carbocycles. The lowest BCUT2D eigenvalue weighted by atomic mass is 9.90. The van der Waals surface area contributed by atoms with Crippen molar-refractivity contribution in [3.05, 3.63) is 23.4 Å². The van der Waals surface area contributed by atoms with E-state index in [9.17, 15) is 0 Å². The van der Waals surface area contributed by atoms with Crippen LogP contribution in [-0.2, 0) is 12.0 Å². The van der Waals surface area contributed by atoms with Gasteiger partial charge in [0.2, 0.25) is 0 Å². The van der Waals surface area contributed by atoms with Gasteiger partial charge in [-0.05, 0) is 37.6 Å². The van der Waals surface area contributed by atoms with E-state index in [0.717, 1.165) is 19.6 Å². The molecule has 1 aliphatic heterocycles. The molecule has 3 heteroatoms. The number of hydrogen-bond acceptors (Lipinski definition) is 3. The Morgan fingerprint density at radius 1 is 1.05 bits per heavy atom. The summed E-state index contributed by atoms with van der Waals surface area (Å²) in [4.78, 5) is 7.47. The van der Waals surface area contributed by atoms with E-state index in [4.69, 9.17) is 4.98 Å². The summed E-state index contributed by atoms with van der Waals surface area (Å²) in [6, 6.07) is 4.53. The predicted octanol–water partition coefficient (Wildman–Crippen LogP) is 3.87. The molecule has 0 aliphatic carbocycles. The zero-order valence-corrected chi connectivity index (χ0v) is 14.2. The Bertz CT molecular complexity index is 440. The Labute approximate surface area is 130 Å². The Balaban J connectivity index is 2.29. The zero-order chi connectivity index (χ0) is 15.3. The standard InChI is InChI=1S/C18H31N3/c1-18(2,3)16-12-15(14-19-4)13-17(20-16)21-10-8-6-5-7-9-11-21/h12-13,19H,5-11,14H2,1-4H3. The van der Waals surface area contributed by atoms with Gasteiger partial charge in [0.25, 0.3) is 0 Å². The molecule has 0 unspecified atom stereocenters. The Morgan fingerprint density at radius 2 is 1.67 bits per heavy atom. The third-order valence-electron chi connectivity index (χ3n) is 4.20. The number of pyridine rings is 1. The molecule has 1 saturated heterocycles. The van der Waals surface area contributed by atoms with E-state index < -0.39 is 0 Å². The van der Waals surface area contributed by atoms with Crippen molar-refractivity contribution < 1.29 is 0 Å². The van der Waals surface area contributed by atoms with Crippen LogP contribution in [0.2, 0.25) is 0 Å². The molecule has 0 atom stereocenters. The van der Waals surface area contributed by atoms with Crippen LogP contribution in [0, 0.1) is 0 Å². The summed E-state index contributed by atoms with van der Waals surface area (Å²) >= 11 is 0. The normalized spacial score (nSPS) is 17.4. The number of hydrogen-bond donors (Lipinski definition) is 1. The minimum atomic E-state index is 0.0985. The van der Waals surface area contributed by atoms with E-state index >= 15 is 0 Å². The maximum atomic E-state index is 4.98. The number of anilines is 1. The van der Waals surface area contributed by atoms with E-state index in [1.54, 1.807) is 0 Å². The number of rotatable bonds is 3. The van der Waals surface area contributed by atoms with Gasteiger partial charge in [-0.2, -0.15) is 0 Å². The first-order chi connectivity index (χ1) is 10.0.